The molecule has 0 unspecified atom stereocenters. The number of carbonyl (C=O) groups excluding carboxylic acids is 1. The first-order chi connectivity index (χ1) is 12.5. The second-order valence-corrected chi connectivity index (χ2v) is 7.07. The van der Waals surface area contributed by atoms with E-state index in [0.29, 0.717) is 10.8 Å². The van der Waals surface area contributed by atoms with E-state index in [0.717, 1.165) is 43.1 Å². The molecule has 0 bridgehead atoms. The number of carbonyl (C=O) groups is 1. The Morgan fingerprint density at radius 2 is 1.85 bits per heavy atom. The minimum atomic E-state index is -0.236. The summed E-state index contributed by atoms with van der Waals surface area (Å²) in [5.41, 5.74) is 2.58. The summed E-state index contributed by atoms with van der Waals surface area (Å²) in [7, 11) is 0. The van der Waals surface area contributed by atoms with Crippen LogP contribution in [0.1, 0.15) is 12.5 Å². The average molecular weight is 374 g/mol. The van der Waals surface area contributed by atoms with Gasteiger partial charge in [0, 0.05) is 36.9 Å². The van der Waals surface area contributed by atoms with Crippen molar-refractivity contribution in [2.45, 2.75) is 19.9 Å². The van der Waals surface area contributed by atoms with E-state index in [-0.39, 0.29) is 11.9 Å². The highest BCUT2D eigenvalue weighted by molar-refractivity contribution is 6.31. The number of para-hydroxylation sites is 2. The maximum atomic E-state index is 12.6. The van der Waals surface area contributed by atoms with Gasteiger partial charge in [0.25, 0.3) is 0 Å². The molecule has 0 aromatic heterocycles. The summed E-state index contributed by atoms with van der Waals surface area (Å²) >= 11 is 6.03. The summed E-state index contributed by atoms with van der Waals surface area (Å²) in [5, 5.41) is 13.6. The van der Waals surface area contributed by atoms with E-state index in [4.69, 9.17) is 11.6 Å². The van der Waals surface area contributed by atoms with Crippen molar-refractivity contribution in [3.63, 3.8) is 0 Å². The van der Waals surface area contributed by atoms with E-state index in [9.17, 15) is 9.90 Å². The highest BCUT2D eigenvalue weighted by Crippen LogP contribution is 2.27. The minimum Gasteiger partial charge on any atom is -0.506 e. The van der Waals surface area contributed by atoms with E-state index >= 15 is 0 Å². The number of hydrogen-bond acceptors (Lipinski definition) is 4. The first-order valence-electron chi connectivity index (χ1n) is 8.79. The van der Waals surface area contributed by atoms with Gasteiger partial charge in [0.15, 0.2) is 0 Å². The summed E-state index contributed by atoms with van der Waals surface area (Å²) < 4.78 is 0. The molecule has 1 aliphatic rings. The molecule has 138 valence electrons. The number of piperazine rings is 1. The van der Waals surface area contributed by atoms with Gasteiger partial charge >= 0.3 is 0 Å². The predicted molar refractivity (Wildman–Crippen MR) is 106 cm³/mol. The zero-order chi connectivity index (χ0) is 18.7. The Morgan fingerprint density at radius 1 is 1.15 bits per heavy atom. The van der Waals surface area contributed by atoms with Gasteiger partial charge in [-0.05, 0) is 43.7 Å². The quantitative estimate of drug-likeness (QED) is 0.861. The Hall–Kier alpha value is -2.24. The van der Waals surface area contributed by atoms with Crippen molar-refractivity contribution in [1.29, 1.82) is 0 Å². The third kappa shape index (κ3) is 4.11. The molecule has 1 fully saturated rings. The standard InChI is InChI=1S/C20H24ClN3O2/c1-14-7-8-16(21)13-17(14)22-20(26)15(2)23-9-11-24(12-10-23)18-5-3-4-6-19(18)25/h3-8,13,15,25H,9-12H2,1-2H3,(H,22,26)/t15-/m1/s1. The number of benzene rings is 2. The van der Waals surface area contributed by atoms with Crippen molar-refractivity contribution in [3.05, 3.63) is 53.1 Å². The van der Waals surface area contributed by atoms with Gasteiger partial charge in [0.2, 0.25) is 5.91 Å². The van der Waals surface area contributed by atoms with Gasteiger partial charge in [0.05, 0.1) is 11.7 Å². The average Bonchev–Trinajstić information content (AvgIpc) is 2.64. The number of nitrogens with zero attached hydrogens (tertiary/aromatic N) is 2. The molecule has 0 aliphatic carbocycles. The van der Waals surface area contributed by atoms with Crippen LogP contribution in [0.4, 0.5) is 11.4 Å². The van der Waals surface area contributed by atoms with E-state index < -0.39 is 0 Å². The van der Waals surface area contributed by atoms with E-state index in [1.165, 1.54) is 0 Å². The number of nitrogens with one attached hydrogen (secondary N) is 1. The summed E-state index contributed by atoms with van der Waals surface area (Å²) in [4.78, 5) is 16.9. The van der Waals surface area contributed by atoms with Gasteiger partial charge in [-0.15, -0.1) is 0 Å². The van der Waals surface area contributed by atoms with Gasteiger partial charge in [-0.25, -0.2) is 0 Å². The second-order valence-electron chi connectivity index (χ2n) is 6.64. The molecule has 2 aromatic carbocycles. The monoisotopic (exact) mass is 373 g/mol. The fourth-order valence-electron chi connectivity index (χ4n) is 3.21. The van der Waals surface area contributed by atoms with Gasteiger partial charge in [-0.2, -0.15) is 0 Å². The molecule has 26 heavy (non-hydrogen) atoms. The number of hydrogen-bond donors (Lipinski definition) is 2. The number of anilines is 2. The molecule has 1 amide bonds. The molecule has 2 N–H and O–H groups in total. The van der Waals surface area contributed by atoms with Crippen LogP contribution in [0.5, 0.6) is 5.75 Å². The van der Waals surface area contributed by atoms with E-state index in [1.807, 2.05) is 44.2 Å². The second kappa shape index (κ2) is 7.98. The molecule has 0 radical (unpaired) electrons. The lowest BCUT2D eigenvalue weighted by Crippen LogP contribution is -2.52. The maximum absolute atomic E-state index is 12.6. The Balaban J connectivity index is 1.59. The summed E-state index contributed by atoms with van der Waals surface area (Å²) in [5.74, 6) is 0.259. The molecule has 0 saturated carbocycles. The molecular formula is C20H24ClN3O2. The van der Waals surface area contributed by atoms with Gasteiger partial charge < -0.3 is 15.3 Å². The van der Waals surface area contributed by atoms with Crippen LogP contribution < -0.4 is 10.2 Å². The number of phenolic OH excluding ortho intramolecular Hbond substituents is 1. The first kappa shape index (κ1) is 18.5. The van der Waals surface area contributed by atoms with Crippen molar-refractivity contribution in [1.82, 2.24) is 4.90 Å². The Kier molecular flexibility index (Phi) is 5.69. The van der Waals surface area contributed by atoms with Crippen LogP contribution in [0.3, 0.4) is 0 Å². The molecular weight excluding hydrogens is 350 g/mol. The third-order valence-corrected chi connectivity index (χ3v) is 5.16. The zero-order valence-corrected chi connectivity index (χ0v) is 15.8. The van der Waals surface area contributed by atoms with Crippen molar-refractivity contribution in [2.24, 2.45) is 0 Å². The van der Waals surface area contributed by atoms with Crippen molar-refractivity contribution < 1.29 is 9.90 Å². The molecule has 0 spiro atoms. The van der Waals surface area contributed by atoms with Crippen LogP contribution in [0.15, 0.2) is 42.5 Å². The molecule has 6 heteroatoms. The molecule has 1 atom stereocenters. The Bertz CT molecular complexity index is 788. The van der Waals surface area contributed by atoms with Crippen molar-refractivity contribution >= 4 is 28.9 Å². The highest BCUT2D eigenvalue weighted by Gasteiger charge is 2.26. The van der Waals surface area contributed by atoms with E-state index in [1.54, 1.807) is 12.1 Å². The lowest BCUT2D eigenvalue weighted by molar-refractivity contribution is -0.120. The van der Waals surface area contributed by atoms with Gasteiger partial charge in [0.1, 0.15) is 5.75 Å². The molecule has 1 heterocycles. The molecule has 3 rings (SSSR count). The van der Waals surface area contributed by atoms with Crippen LogP contribution in [0.25, 0.3) is 0 Å². The lowest BCUT2D eigenvalue weighted by atomic mass is 10.1. The number of aromatic hydroxyl groups is 1. The van der Waals surface area contributed by atoms with Crippen molar-refractivity contribution in [3.8, 4) is 5.75 Å². The fraction of sp³-hybridized carbons (Fsp3) is 0.350. The summed E-state index contributed by atoms with van der Waals surface area (Å²) in [6, 6.07) is 12.6. The fourth-order valence-corrected chi connectivity index (χ4v) is 3.39. The van der Waals surface area contributed by atoms with Gasteiger partial charge in [-0.1, -0.05) is 29.8 Å². The topological polar surface area (TPSA) is 55.8 Å². The number of aryl methyl sites for hydroxylation is 1. The molecule has 2 aromatic rings. The van der Waals surface area contributed by atoms with E-state index in [2.05, 4.69) is 15.1 Å². The molecule has 5 nitrogen and oxygen atoms in total. The minimum absolute atomic E-state index is 0.0358. The third-order valence-electron chi connectivity index (χ3n) is 4.92. The number of phenols is 1. The largest absolute Gasteiger partial charge is 0.506 e. The maximum Gasteiger partial charge on any atom is 0.241 e. The van der Waals surface area contributed by atoms with Gasteiger partial charge in [-0.3, -0.25) is 9.69 Å². The van der Waals surface area contributed by atoms with Crippen LogP contribution in [0.2, 0.25) is 5.02 Å². The SMILES string of the molecule is Cc1ccc(Cl)cc1NC(=O)[C@@H](C)N1CCN(c2ccccc2O)CC1. The lowest BCUT2D eigenvalue weighted by Gasteiger charge is -2.38. The van der Waals surface area contributed by atoms with Crippen LogP contribution in [-0.2, 0) is 4.79 Å². The number of rotatable bonds is 4. The van der Waals surface area contributed by atoms with Crippen LogP contribution >= 0.6 is 11.6 Å². The molecule has 1 aliphatic heterocycles. The number of halogens is 1. The molecule has 1 saturated heterocycles. The van der Waals surface area contributed by atoms with Crippen molar-refractivity contribution in [2.75, 3.05) is 36.4 Å². The summed E-state index contributed by atoms with van der Waals surface area (Å²) in [6.07, 6.45) is 0. The van der Waals surface area contributed by atoms with Crippen LogP contribution in [0, 0.1) is 6.92 Å². The normalized spacial score (nSPS) is 16.3. The smallest absolute Gasteiger partial charge is 0.241 e. The summed E-state index contributed by atoms with van der Waals surface area (Å²) in [6.45, 7) is 6.93. The highest BCUT2D eigenvalue weighted by atomic mass is 35.5. The zero-order valence-electron chi connectivity index (χ0n) is 15.1. The number of amides is 1. The van der Waals surface area contributed by atoms with Crippen LogP contribution in [-0.4, -0.2) is 48.1 Å². The predicted octanol–water partition coefficient (Wildman–Crippen LogP) is 3.50. The Labute approximate surface area is 159 Å². The first-order valence-corrected chi connectivity index (χ1v) is 9.17. The Morgan fingerprint density at radius 3 is 2.54 bits per heavy atom.